The number of aromatic nitrogens is 1. The lowest BCUT2D eigenvalue weighted by molar-refractivity contribution is -0.148. The molecule has 2 N–H and O–H groups in total. The van der Waals surface area contributed by atoms with Crippen molar-refractivity contribution in [2.45, 2.75) is 33.2 Å². The number of hydrogen-bond acceptors (Lipinski definition) is 3. The highest BCUT2D eigenvalue weighted by Gasteiger charge is 2.33. The lowest BCUT2D eigenvalue weighted by atomic mass is 9.86. The second-order valence-electron chi connectivity index (χ2n) is 6.57. The lowest BCUT2D eigenvalue weighted by Crippen LogP contribution is -2.50. The molecule has 0 aliphatic heterocycles. The quantitative estimate of drug-likeness (QED) is 0.851. The van der Waals surface area contributed by atoms with Crippen molar-refractivity contribution in [2.75, 3.05) is 7.11 Å². The topological polar surface area (TPSA) is 71.2 Å². The minimum atomic E-state index is -0.734. The standard InChI is InChI=1S/C17H21FN2O3/c1-17(2,3)15(16(22)23-4)20-14(21)7-10-9-19-13-8-11(18)5-6-12(10)13/h5-6,8-9,15,19H,7H2,1-4H3,(H,20,21)/t15-/m0/s1. The van der Waals surface area contributed by atoms with E-state index in [4.69, 9.17) is 4.74 Å². The Balaban J connectivity index is 2.15. The van der Waals surface area contributed by atoms with E-state index < -0.39 is 17.4 Å². The average Bonchev–Trinajstić information content (AvgIpc) is 2.85. The van der Waals surface area contributed by atoms with Gasteiger partial charge in [0.05, 0.1) is 13.5 Å². The van der Waals surface area contributed by atoms with E-state index >= 15 is 0 Å². The molecule has 23 heavy (non-hydrogen) atoms. The summed E-state index contributed by atoms with van der Waals surface area (Å²) < 4.78 is 17.9. The van der Waals surface area contributed by atoms with Crippen molar-refractivity contribution in [3.63, 3.8) is 0 Å². The summed E-state index contributed by atoms with van der Waals surface area (Å²) in [7, 11) is 1.29. The number of hydrogen-bond donors (Lipinski definition) is 2. The molecule has 0 unspecified atom stereocenters. The number of nitrogens with one attached hydrogen (secondary N) is 2. The van der Waals surface area contributed by atoms with Gasteiger partial charge in [0.25, 0.3) is 0 Å². The fraction of sp³-hybridized carbons (Fsp3) is 0.412. The van der Waals surface area contributed by atoms with E-state index in [1.165, 1.54) is 19.2 Å². The Morgan fingerprint density at radius 3 is 2.65 bits per heavy atom. The molecule has 0 fully saturated rings. The van der Waals surface area contributed by atoms with Crippen LogP contribution in [0.5, 0.6) is 0 Å². The van der Waals surface area contributed by atoms with E-state index in [2.05, 4.69) is 10.3 Å². The van der Waals surface area contributed by atoms with Gasteiger partial charge in [-0.25, -0.2) is 9.18 Å². The van der Waals surface area contributed by atoms with E-state index in [-0.39, 0.29) is 18.1 Å². The summed E-state index contributed by atoms with van der Waals surface area (Å²) in [6.07, 6.45) is 1.77. The van der Waals surface area contributed by atoms with Crippen LogP contribution in [-0.2, 0) is 20.7 Å². The third kappa shape index (κ3) is 3.88. The number of amides is 1. The van der Waals surface area contributed by atoms with E-state index in [1.807, 2.05) is 20.8 Å². The first-order valence-corrected chi connectivity index (χ1v) is 7.35. The number of H-pyrrole nitrogens is 1. The Kier molecular flexibility index (Phi) is 4.73. The highest BCUT2D eigenvalue weighted by molar-refractivity contribution is 5.91. The van der Waals surface area contributed by atoms with Crippen LogP contribution in [0.3, 0.4) is 0 Å². The lowest BCUT2D eigenvalue weighted by Gasteiger charge is -2.29. The Hall–Kier alpha value is -2.37. The molecular weight excluding hydrogens is 299 g/mol. The molecule has 5 nitrogen and oxygen atoms in total. The summed E-state index contributed by atoms with van der Waals surface area (Å²) in [6.45, 7) is 5.55. The summed E-state index contributed by atoms with van der Waals surface area (Å²) in [5.74, 6) is -1.11. The van der Waals surface area contributed by atoms with Gasteiger partial charge in [-0.2, -0.15) is 0 Å². The number of rotatable bonds is 4. The predicted molar refractivity (Wildman–Crippen MR) is 85.4 cm³/mol. The van der Waals surface area contributed by atoms with E-state index in [0.717, 1.165) is 10.9 Å². The molecular formula is C17H21FN2O3. The first kappa shape index (κ1) is 17.0. The highest BCUT2D eigenvalue weighted by atomic mass is 19.1. The molecule has 0 spiro atoms. The van der Waals surface area contributed by atoms with Crippen LogP contribution in [0.25, 0.3) is 10.9 Å². The number of aromatic amines is 1. The van der Waals surface area contributed by atoms with Gasteiger partial charge in [0, 0.05) is 17.1 Å². The normalized spacial score (nSPS) is 12.9. The maximum Gasteiger partial charge on any atom is 0.328 e. The molecule has 0 saturated carbocycles. The largest absolute Gasteiger partial charge is 0.467 e. The number of ether oxygens (including phenoxy) is 1. The van der Waals surface area contributed by atoms with Crippen molar-refractivity contribution in [3.05, 3.63) is 35.8 Å². The fourth-order valence-corrected chi connectivity index (χ4v) is 2.44. The van der Waals surface area contributed by atoms with Gasteiger partial charge in [-0.3, -0.25) is 4.79 Å². The van der Waals surface area contributed by atoms with Gasteiger partial charge in [0.2, 0.25) is 5.91 Å². The van der Waals surface area contributed by atoms with Gasteiger partial charge in [0.15, 0.2) is 0 Å². The average molecular weight is 320 g/mol. The molecule has 2 aromatic rings. The van der Waals surface area contributed by atoms with E-state index in [1.54, 1.807) is 12.3 Å². The maximum atomic E-state index is 13.2. The Bertz CT molecular complexity index is 731. The molecule has 124 valence electrons. The van der Waals surface area contributed by atoms with Crippen molar-refractivity contribution < 1.29 is 18.7 Å². The molecule has 2 rings (SSSR count). The number of esters is 1. The van der Waals surface area contributed by atoms with Crippen molar-refractivity contribution in [1.82, 2.24) is 10.3 Å². The van der Waals surface area contributed by atoms with Gasteiger partial charge in [-0.15, -0.1) is 0 Å². The van der Waals surface area contributed by atoms with Crippen LogP contribution >= 0.6 is 0 Å². The minimum Gasteiger partial charge on any atom is -0.467 e. The van der Waals surface area contributed by atoms with Gasteiger partial charge in [0.1, 0.15) is 11.9 Å². The summed E-state index contributed by atoms with van der Waals surface area (Å²) >= 11 is 0. The zero-order valence-electron chi connectivity index (χ0n) is 13.7. The van der Waals surface area contributed by atoms with Crippen LogP contribution in [0.15, 0.2) is 24.4 Å². The zero-order valence-corrected chi connectivity index (χ0v) is 13.7. The fourth-order valence-electron chi connectivity index (χ4n) is 2.44. The van der Waals surface area contributed by atoms with Gasteiger partial charge in [-0.1, -0.05) is 20.8 Å². The zero-order chi connectivity index (χ0) is 17.2. The molecule has 1 amide bonds. The van der Waals surface area contributed by atoms with E-state index in [0.29, 0.717) is 5.52 Å². The van der Waals surface area contributed by atoms with Crippen molar-refractivity contribution in [3.8, 4) is 0 Å². The van der Waals surface area contributed by atoms with Crippen molar-refractivity contribution >= 4 is 22.8 Å². The van der Waals surface area contributed by atoms with Gasteiger partial charge >= 0.3 is 5.97 Å². The van der Waals surface area contributed by atoms with Crippen LogP contribution in [0.4, 0.5) is 4.39 Å². The van der Waals surface area contributed by atoms with Gasteiger partial charge in [-0.05, 0) is 29.2 Å². The second kappa shape index (κ2) is 6.40. The highest BCUT2D eigenvalue weighted by Crippen LogP contribution is 2.22. The molecule has 1 aromatic heterocycles. The monoisotopic (exact) mass is 320 g/mol. The van der Waals surface area contributed by atoms with Crippen LogP contribution in [0.2, 0.25) is 0 Å². The molecule has 0 aliphatic carbocycles. The predicted octanol–water partition coefficient (Wildman–Crippen LogP) is 2.55. The summed E-state index contributed by atoms with van der Waals surface area (Å²) in [4.78, 5) is 27.1. The number of methoxy groups -OCH3 is 1. The maximum absolute atomic E-state index is 13.2. The van der Waals surface area contributed by atoms with Crippen LogP contribution < -0.4 is 5.32 Å². The number of benzene rings is 1. The first-order valence-electron chi connectivity index (χ1n) is 7.35. The number of halogens is 1. The van der Waals surface area contributed by atoms with E-state index in [9.17, 15) is 14.0 Å². The molecule has 6 heteroatoms. The van der Waals surface area contributed by atoms with Crippen LogP contribution in [-0.4, -0.2) is 30.0 Å². The van der Waals surface area contributed by atoms with Crippen molar-refractivity contribution in [1.29, 1.82) is 0 Å². The molecule has 1 heterocycles. The SMILES string of the molecule is COC(=O)[C@H](NC(=O)Cc1c[nH]c2cc(F)ccc12)C(C)(C)C. The van der Waals surface area contributed by atoms with Crippen LogP contribution in [0.1, 0.15) is 26.3 Å². The smallest absolute Gasteiger partial charge is 0.328 e. The van der Waals surface area contributed by atoms with Crippen LogP contribution in [0, 0.1) is 11.2 Å². The molecule has 0 saturated heterocycles. The first-order chi connectivity index (χ1) is 10.7. The Labute approximate surface area is 134 Å². The molecule has 0 aliphatic rings. The number of carbonyl (C=O) groups excluding carboxylic acids is 2. The molecule has 1 aromatic carbocycles. The third-order valence-corrected chi connectivity index (χ3v) is 3.69. The molecule has 0 radical (unpaired) electrons. The number of fused-ring (bicyclic) bond motifs is 1. The molecule has 0 bridgehead atoms. The van der Waals surface area contributed by atoms with Crippen molar-refractivity contribution in [2.24, 2.45) is 5.41 Å². The van der Waals surface area contributed by atoms with Gasteiger partial charge < -0.3 is 15.0 Å². The minimum absolute atomic E-state index is 0.0925. The Morgan fingerprint density at radius 1 is 1.35 bits per heavy atom. The third-order valence-electron chi connectivity index (χ3n) is 3.69. The summed E-state index contributed by atoms with van der Waals surface area (Å²) in [5, 5.41) is 3.50. The molecule has 1 atom stereocenters. The Morgan fingerprint density at radius 2 is 2.04 bits per heavy atom. The second-order valence-corrected chi connectivity index (χ2v) is 6.57. The summed E-state index contributed by atoms with van der Waals surface area (Å²) in [5.41, 5.74) is 0.912. The number of carbonyl (C=O) groups is 2. The summed E-state index contributed by atoms with van der Waals surface area (Å²) in [6, 6.07) is 3.63.